The molecule has 0 radical (unpaired) electrons. The Labute approximate surface area is 198 Å². The average Bonchev–Trinajstić information content (AvgIpc) is 3.44. The van der Waals surface area contributed by atoms with Crippen LogP contribution in [0.15, 0.2) is 36.4 Å². The van der Waals surface area contributed by atoms with Crippen molar-refractivity contribution in [3.8, 4) is 17.2 Å². The van der Waals surface area contributed by atoms with Gasteiger partial charge in [0, 0.05) is 16.1 Å². The van der Waals surface area contributed by atoms with Crippen molar-refractivity contribution in [1.82, 2.24) is 4.98 Å². The zero-order valence-electron chi connectivity index (χ0n) is 17.6. The number of carbonyl (C=O) groups excluding carboxylic acids is 2. The maximum absolute atomic E-state index is 13.0. The van der Waals surface area contributed by atoms with Crippen molar-refractivity contribution in [2.45, 2.75) is 25.2 Å². The van der Waals surface area contributed by atoms with Gasteiger partial charge in [-0.25, -0.2) is 4.98 Å². The van der Waals surface area contributed by atoms with Gasteiger partial charge >= 0.3 is 0 Å². The lowest BCUT2D eigenvalue weighted by Crippen LogP contribution is -2.24. The minimum absolute atomic E-state index is 0.145. The first-order valence-electron chi connectivity index (χ1n) is 10.4. The van der Waals surface area contributed by atoms with Crippen LogP contribution in [0.5, 0.6) is 17.2 Å². The summed E-state index contributed by atoms with van der Waals surface area (Å²) in [5.41, 5.74) is 1.74. The van der Waals surface area contributed by atoms with Gasteiger partial charge in [-0.15, -0.1) is 11.3 Å². The Bertz CT molecular complexity index is 1240. The molecule has 8 nitrogen and oxygen atoms in total. The molecule has 1 atom stereocenters. The number of rotatable bonds is 5. The maximum atomic E-state index is 13.0. The van der Waals surface area contributed by atoms with Crippen molar-refractivity contribution in [3.05, 3.63) is 57.6 Å². The fraction of sp³-hybridized carbons (Fsp3) is 0.261. The summed E-state index contributed by atoms with van der Waals surface area (Å²) in [5.74, 6) is 0.836. The van der Waals surface area contributed by atoms with Gasteiger partial charge in [0.25, 0.3) is 5.91 Å². The van der Waals surface area contributed by atoms with Crippen LogP contribution in [0.3, 0.4) is 0 Å². The second kappa shape index (κ2) is 8.92. The van der Waals surface area contributed by atoms with Gasteiger partial charge in [0.1, 0.15) is 5.75 Å². The van der Waals surface area contributed by atoms with E-state index >= 15 is 0 Å². The van der Waals surface area contributed by atoms with E-state index in [1.807, 2.05) is 0 Å². The zero-order chi connectivity index (χ0) is 22.9. The van der Waals surface area contributed by atoms with E-state index in [0.717, 1.165) is 17.7 Å². The molecule has 0 spiro atoms. The SMILES string of the molecule is COc1ccc(NC(=O)C2CCCc3sc(NC(=O)c4ccc5c(c4)OCO5)nc32)cc1Cl. The van der Waals surface area contributed by atoms with E-state index in [9.17, 15) is 9.59 Å². The number of carbonyl (C=O) groups is 2. The first-order chi connectivity index (χ1) is 16.0. The summed E-state index contributed by atoms with van der Waals surface area (Å²) < 4.78 is 15.8. The van der Waals surface area contributed by atoms with E-state index in [2.05, 4.69) is 15.6 Å². The number of halogens is 1. The molecule has 0 saturated carbocycles. The smallest absolute Gasteiger partial charge is 0.257 e. The van der Waals surface area contributed by atoms with Crippen LogP contribution in [0.2, 0.25) is 5.02 Å². The van der Waals surface area contributed by atoms with Crippen molar-refractivity contribution in [2.75, 3.05) is 24.5 Å². The minimum Gasteiger partial charge on any atom is -0.495 e. The van der Waals surface area contributed by atoms with Crippen molar-refractivity contribution >= 4 is 45.6 Å². The van der Waals surface area contributed by atoms with Crippen molar-refractivity contribution in [1.29, 1.82) is 0 Å². The molecule has 33 heavy (non-hydrogen) atoms. The van der Waals surface area contributed by atoms with Crippen molar-refractivity contribution < 1.29 is 23.8 Å². The maximum Gasteiger partial charge on any atom is 0.257 e. The van der Waals surface area contributed by atoms with Gasteiger partial charge in [-0.05, 0) is 55.7 Å². The topological polar surface area (TPSA) is 98.8 Å². The molecule has 0 fully saturated rings. The highest BCUT2D eigenvalue weighted by Crippen LogP contribution is 2.38. The highest BCUT2D eigenvalue weighted by molar-refractivity contribution is 7.16. The summed E-state index contributed by atoms with van der Waals surface area (Å²) in [6.07, 6.45) is 2.37. The fourth-order valence-electron chi connectivity index (χ4n) is 3.91. The molecule has 0 bridgehead atoms. The summed E-state index contributed by atoms with van der Waals surface area (Å²) in [6, 6.07) is 10.1. The summed E-state index contributed by atoms with van der Waals surface area (Å²) in [5, 5.41) is 6.65. The van der Waals surface area contributed by atoms with Gasteiger partial charge < -0.3 is 19.5 Å². The van der Waals surface area contributed by atoms with E-state index in [0.29, 0.717) is 50.8 Å². The monoisotopic (exact) mass is 485 g/mol. The standard InChI is InChI=1S/C23H20ClN3O5S/c1-30-16-8-6-13(10-15(16)24)25-22(29)14-3-2-4-19-20(14)26-23(33-19)27-21(28)12-5-7-17-18(9-12)32-11-31-17/h5-10,14H,2-4,11H2,1H3,(H,25,29)(H,26,27,28). The Hall–Kier alpha value is -3.30. The predicted molar refractivity (Wildman–Crippen MR) is 125 cm³/mol. The molecule has 2 amide bonds. The lowest BCUT2D eigenvalue weighted by atomic mass is 9.90. The Balaban J connectivity index is 1.31. The number of thiazole rings is 1. The van der Waals surface area contributed by atoms with E-state index in [1.165, 1.54) is 18.4 Å². The number of hydrogen-bond donors (Lipinski definition) is 2. The van der Waals surface area contributed by atoms with E-state index in [1.54, 1.807) is 36.4 Å². The fourth-order valence-corrected chi connectivity index (χ4v) is 5.23. The second-order valence-corrected chi connectivity index (χ2v) is 9.12. The number of amides is 2. The van der Waals surface area contributed by atoms with Gasteiger partial charge in [-0.2, -0.15) is 0 Å². The van der Waals surface area contributed by atoms with Crippen LogP contribution in [-0.2, 0) is 11.2 Å². The Kier molecular flexibility index (Phi) is 5.82. The number of fused-ring (bicyclic) bond motifs is 2. The molecule has 1 aliphatic carbocycles. The van der Waals surface area contributed by atoms with E-state index < -0.39 is 5.92 Å². The number of ether oxygens (including phenoxy) is 3. The molecule has 2 heterocycles. The molecular formula is C23H20ClN3O5S. The molecule has 5 rings (SSSR count). The molecule has 2 aromatic carbocycles. The number of methoxy groups -OCH3 is 1. The predicted octanol–water partition coefficient (Wildman–Crippen LogP) is 4.84. The van der Waals surface area contributed by atoms with Gasteiger partial charge in [0.2, 0.25) is 12.7 Å². The van der Waals surface area contributed by atoms with Crippen LogP contribution < -0.4 is 24.8 Å². The summed E-state index contributed by atoms with van der Waals surface area (Å²) >= 11 is 7.57. The molecule has 1 unspecified atom stereocenters. The third-order valence-corrected chi connectivity index (χ3v) is 6.89. The summed E-state index contributed by atoms with van der Waals surface area (Å²) in [6.45, 7) is 0.145. The van der Waals surface area contributed by atoms with Gasteiger partial charge in [-0.3, -0.25) is 14.9 Å². The minimum atomic E-state index is -0.401. The number of aryl methyl sites for hydroxylation is 1. The zero-order valence-corrected chi connectivity index (χ0v) is 19.2. The lowest BCUT2D eigenvalue weighted by Gasteiger charge is -2.20. The van der Waals surface area contributed by atoms with Crippen LogP contribution >= 0.6 is 22.9 Å². The van der Waals surface area contributed by atoms with Gasteiger partial charge in [0.15, 0.2) is 16.6 Å². The average molecular weight is 486 g/mol. The molecule has 0 saturated heterocycles. The molecule has 1 aliphatic heterocycles. The number of hydrogen-bond acceptors (Lipinski definition) is 7. The summed E-state index contributed by atoms with van der Waals surface area (Å²) in [7, 11) is 1.54. The molecule has 1 aromatic heterocycles. The van der Waals surface area contributed by atoms with Gasteiger partial charge in [0.05, 0.1) is 23.7 Å². The number of nitrogens with zero attached hydrogens (tertiary/aromatic N) is 1. The van der Waals surface area contributed by atoms with E-state index in [4.69, 9.17) is 25.8 Å². The number of anilines is 2. The van der Waals surface area contributed by atoms with Crippen molar-refractivity contribution in [3.63, 3.8) is 0 Å². The third-order valence-electron chi connectivity index (χ3n) is 5.55. The van der Waals surface area contributed by atoms with Crippen LogP contribution in [0.1, 0.15) is 39.7 Å². The highest BCUT2D eigenvalue weighted by Gasteiger charge is 2.31. The van der Waals surface area contributed by atoms with Gasteiger partial charge in [-0.1, -0.05) is 11.6 Å². The molecule has 3 aromatic rings. The Morgan fingerprint density at radius 2 is 2.00 bits per heavy atom. The summed E-state index contributed by atoms with van der Waals surface area (Å²) in [4.78, 5) is 31.4. The number of benzene rings is 2. The van der Waals surface area contributed by atoms with Crippen molar-refractivity contribution in [2.24, 2.45) is 0 Å². The largest absolute Gasteiger partial charge is 0.495 e. The van der Waals surface area contributed by atoms with Crippen LogP contribution in [0.25, 0.3) is 0 Å². The third kappa shape index (κ3) is 4.34. The number of aromatic nitrogens is 1. The molecular weight excluding hydrogens is 466 g/mol. The van der Waals surface area contributed by atoms with E-state index in [-0.39, 0.29) is 18.6 Å². The van der Waals surface area contributed by atoms with Crippen LogP contribution in [0.4, 0.5) is 10.8 Å². The Morgan fingerprint density at radius 3 is 2.82 bits per heavy atom. The number of nitrogens with one attached hydrogen (secondary N) is 2. The first-order valence-corrected chi connectivity index (χ1v) is 11.6. The quantitative estimate of drug-likeness (QED) is 0.536. The molecule has 2 aliphatic rings. The molecule has 2 N–H and O–H groups in total. The Morgan fingerprint density at radius 1 is 1.15 bits per heavy atom. The van der Waals surface area contributed by atoms with Crippen LogP contribution in [0, 0.1) is 0 Å². The lowest BCUT2D eigenvalue weighted by molar-refractivity contribution is -0.117. The highest BCUT2D eigenvalue weighted by atomic mass is 35.5. The molecule has 170 valence electrons. The molecule has 10 heteroatoms. The normalized spacial score (nSPS) is 16.1. The first kappa shape index (κ1) is 21.5. The van der Waals surface area contributed by atoms with Crippen LogP contribution in [-0.4, -0.2) is 30.7 Å². The second-order valence-electron chi connectivity index (χ2n) is 7.63.